The summed E-state index contributed by atoms with van der Waals surface area (Å²) < 4.78 is 4.95. The summed E-state index contributed by atoms with van der Waals surface area (Å²) in [6, 6.07) is 9.47. The summed E-state index contributed by atoms with van der Waals surface area (Å²) in [4.78, 5) is 34.9. The van der Waals surface area contributed by atoms with E-state index in [0.29, 0.717) is 10.6 Å². The number of hydrogen-bond donors (Lipinski definition) is 1. The third-order valence-corrected chi connectivity index (χ3v) is 4.34. The lowest BCUT2D eigenvalue weighted by atomic mass is 10.0. The highest BCUT2D eigenvalue weighted by molar-refractivity contribution is 6.34. The molecule has 27 heavy (non-hydrogen) atoms. The van der Waals surface area contributed by atoms with E-state index in [4.69, 9.17) is 27.9 Å². The Hall–Kier alpha value is -2.64. The van der Waals surface area contributed by atoms with Gasteiger partial charge in [0.15, 0.2) is 0 Å². The highest BCUT2D eigenvalue weighted by Gasteiger charge is 2.24. The molecule has 0 aliphatic carbocycles. The van der Waals surface area contributed by atoms with Crippen LogP contribution in [-0.4, -0.2) is 23.4 Å². The van der Waals surface area contributed by atoms with E-state index in [-0.39, 0.29) is 29.3 Å². The molecule has 0 spiro atoms. The van der Waals surface area contributed by atoms with Gasteiger partial charge >= 0.3 is 5.97 Å². The van der Waals surface area contributed by atoms with Gasteiger partial charge in [0.2, 0.25) is 0 Å². The molecule has 2 aromatic rings. The summed E-state index contributed by atoms with van der Waals surface area (Å²) >= 11 is 12.2. The van der Waals surface area contributed by atoms with Crippen LogP contribution in [0, 0.1) is 10.1 Å². The quantitative estimate of drug-likeness (QED) is 0.416. The second kappa shape index (κ2) is 9.34. The lowest BCUT2D eigenvalue weighted by Gasteiger charge is -2.20. The second-order valence-corrected chi connectivity index (χ2v) is 6.29. The van der Waals surface area contributed by atoms with Crippen molar-refractivity contribution in [2.24, 2.45) is 0 Å². The van der Waals surface area contributed by atoms with Crippen LogP contribution >= 0.6 is 23.2 Å². The zero-order chi connectivity index (χ0) is 20.0. The van der Waals surface area contributed by atoms with E-state index in [0.717, 1.165) is 6.07 Å². The molecule has 7 nitrogen and oxygen atoms in total. The number of hydrogen-bond acceptors (Lipinski definition) is 5. The van der Waals surface area contributed by atoms with Crippen molar-refractivity contribution in [3.8, 4) is 0 Å². The van der Waals surface area contributed by atoms with Gasteiger partial charge in [-0.15, -0.1) is 0 Å². The van der Waals surface area contributed by atoms with E-state index < -0.39 is 22.8 Å². The lowest BCUT2D eigenvalue weighted by molar-refractivity contribution is -0.384. The smallest absolute Gasteiger partial charge is 0.308 e. The Morgan fingerprint density at radius 1 is 1.19 bits per heavy atom. The molecule has 1 N–H and O–H groups in total. The van der Waals surface area contributed by atoms with E-state index in [9.17, 15) is 19.7 Å². The van der Waals surface area contributed by atoms with Crippen molar-refractivity contribution in [1.29, 1.82) is 0 Å². The zero-order valence-electron chi connectivity index (χ0n) is 14.3. The Morgan fingerprint density at radius 2 is 1.89 bits per heavy atom. The van der Waals surface area contributed by atoms with Crippen LogP contribution in [0.3, 0.4) is 0 Å². The van der Waals surface area contributed by atoms with Crippen LogP contribution in [0.1, 0.15) is 35.3 Å². The zero-order valence-corrected chi connectivity index (χ0v) is 15.8. The van der Waals surface area contributed by atoms with Gasteiger partial charge in [-0.05, 0) is 24.6 Å². The number of esters is 1. The molecule has 0 saturated heterocycles. The predicted molar refractivity (Wildman–Crippen MR) is 101 cm³/mol. The minimum absolute atomic E-state index is 0.0483. The van der Waals surface area contributed by atoms with Gasteiger partial charge in [-0.3, -0.25) is 19.7 Å². The summed E-state index contributed by atoms with van der Waals surface area (Å²) in [5.74, 6) is -1.19. The van der Waals surface area contributed by atoms with Crippen molar-refractivity contribution in [3.05, 3.63) is 73.8 Å². The Kier molecular flexibility index (Phi) is 7.15. The van der Waals surface area contributed by atoms with Crippen molar-refractivity contribution in [3.63, 3.8) is 0 Å². The van der Waals surface area contributed by atoms with Crippen LogP contribution in [0.25, 0.3) is 0 Å². The number of halogens is 2. The first-order chi connectivity index (χ1) is 12.8. The normalized spacial score (nSPS) is 11.5. The molecular formula is C18H16Cl2N2O5. The van der Waals surface area contributed by atoms with Crippen LogP contribution < -0.4 is 5.32 Å². The Morgan fingerprint density at radius 3 is 2.52 bits per heavy atom. The van der Waals surface area contributed by atoms with Crippen LogP contribution in [0.4, 0.5) is 5.69 Å². The fourth-order valence-electron chi connectivity index (χ4n) is 2.42. The number of carbonyl (C=O) groups is 2. The van der Waals surface area contributed by atoms with E-state index in [1.54, 1.807) is 31.2 Å². The van der Waals surface area contributed by atoms with Gasteiger partial charge in [-0.2, -0.15) is 0 Å². The molecule has 0 bridgehead atoms. The Labute approximate surface area is 165 Å². The Bertz CT molecular complexity index is 873. The lowest BCUT2D eigenvalue weighted by Crippen LogP contribution is -2.31. The van der Waals surface area contributed by atoms with Gasteiger partial charge < -0.3 is 10.1 Å². The molecule has 0 aliphatic heterocycles. The van der Waals surface area contributed by atoms with Gasteiger partial charge in [0.05, 0.1) is 34.6 Å². The number of non-ortho nitro benzene ring substituents is 1. The van der Waals surface area contributed by atoms with Gasteiger partial charge in [-0.25, -0.2) is 0 Å². The van der Waals surface area contributed by atoms with E-state index in [2.05, 4.69) is 5.32 Å². The number of nitro groups is 1. The number of rotatable bonds is 7. The molecule has 2 rings (SSSR count). The number of amides is 1. The average molecular weight is 411 g/mol. The summed E-state index contributed by atoms with van der Waals surface area (Å²) in [7, 11) is 0. The molecule has 0 aromatic heterocycles. The number of nitrogens with one attached hydrogen (secondary N) is 1. The first-order valence-corrected chi connectivity index (χ1v) is 8.74. The minimum Gasteiger partial charge on any atom is -0.466 e. The first kappa shape index (κ1) is 20.7. The van der Waals surface area contributed by atoms with Crippen LogP contribution in [0.2, 0.25) is 10.0 Å². The summed E-state index contributed by atoms with van der Waals surface area (Å²) in [5.41, 5.74) is 0.165. The highest BCUT2D eigenvalue weighted by atomic mass is 35.5. The molecule has 1 amide bonds. The minimum atomic E-state index is -0.791. The monoisotopic (exact) mass is 410 g/mol. The van der Waals surface area contributed by atoms with Crippen molar-refractivity contribution < 1.29 is 19.2 Å². The summed E-state index contributed by atoms with van der Waals surface area (Å²) in [6.07, 6.45) is -0.157. The molecule has 2 aromatic carbocycles. The molecule has 0 heterocycles. The standard InChI is InChI=1S/C18H16Cl2N2O5/c1-2-27-17(23)10-16(12-5-3-4-6-14(12)19)21-18(24)13-9-11(22(25)26)7-8-15(13)20/h3-9,16H,2,10H2,1H3,(H,21,24)/t16-/m1/s1. The van der Waals surface area contributed by atoms with E-state index in [1.165, 1.54) is 12.1 Å². The van der Waals surface area contributed by atoms with Crippen molar-refractivity contribution in [1.82, 2.24) is 5.32 Å². The molecule has 9 heteroatoms. The van der Waals surface area contributed by atoms with Crippen LogP contribution in [-0.2, 0) is 9.53 Å². The van der Waals surface area contributed by atoms with Gasteiger partial charge in [0.25, 0.3) is 11.6 Å². The SMILES string of the molecule is CCOC(=O)C[C@@H](NC(=O)c1cc([N+](=O)[O-])ccc1Cl)c1ccccc1Cl. The number of ether oxygens (including phenoxy) is 1. The van der Waals surface area contributed by atoms with Gasteiger partial charge in [-0.1, -0.05) is 41.4 Å². The molecule has 0 fully saturated rings. The second-order valence-electron chi connectivity index (χ2n) is 5.48. The highest BCUT2D eigenvalue weighted by Crippen LogP contribution is 2.27. The Balaban J connectivity index is 2.33. The fraction of sp³-hybridized carbons (Fsp3) is 0.222. The van der Waals surface area contributed by atoms with Gasteiger partial charge in [0, 0.05) is 17.2 Å². The van der Waals surface area contributed by atoms with Crippen LogP contribution in [0.5, 0.6) is 0 Å². The number of carbonyl (C=O) groups excluding carboxylic acids is 2. The van der Waals surface area contributed by atoms with Crippen molar-refractivity contribution in [2.75, 3.05) is 6.61 Å². The molecule has 0 saturated carbocycles. The summed E-state index contributed by atoms with van der Waals surface area (Å²) in [5, 5.41) is 14.0. The maximum Gasteiger partial charge on any atom is 0.308 e. The molecule has 0 unspecified atom stereocenters. The summed E-state index contributed by atoms with van der Waals surface area (Å²) in [6.45, 7) is 1.86. The third kappa shape index (κ3) is 5.42. The van der Waals surface area contributed by atoms with Crippen molar-refractivity contribution in [2.45, 2.75) is 19.4 Å². The average Bonchev–Trinajstić information content (AvgIpc) is 2.61. The van der Waals surface area contributed by atoms with Gasteiger partial charge in [0.1, 0.15) is 0 Å². The molecule has 142 valence electrons. The molecule has 0 radical (unpaired) electrons. The fourth-order valence-corrected chi connectivity index (χ4v) is 2.89. The van der Waals surface area contributed by atoms with Crippen molar-refractivity contribution >= 4 is 40.8 Å². The van der Waals surface area contributed by atoms with Crippen LogP contribution in [0.15, 0.2) is 42.5 Å². The molecular weight excluding hydrogens is 395 g/mol. The number of benzene rings is 2. The molecule has 1 atom stereocenters. The maximum atomic E-state index is 12.7. The van der Waals surface area contributed by atoms with E-state index >= 15 is 0 Å². The van der Waals surface area contributed by atoms with E-state index in [1.807, 2.05) is 0 Å². The first-order valence-electron chi connectivity index (χ1n) is 7.98. The number of nitrogens with zero attached hydrogens (tertiary/aromatic N) is 1. The topological polar surface area (TPSA) is 98.5 Å². The predicted octanol–water partition coefficient (Wildman–Crippen LogP) is 4.33. The number of nitro benzene ring substituents is 1. The third-order valence-electron chi connectivity index (χ3n) is 3.67. The largest absolute Gasteiger partial charge is 0.466 e. The maximum absolute atomic E-state index is 12.7. The molecule has 0 aliphatic rings.